The van der Waals surface area contributed by atoms with Crippen molar-refractivity contribution in [2.45, 2.75) is 72.6 Å². The first-order chi connectivity index (χ1) is 15.6. The van der Waals surface area contributed by atoms with E-state index in [-0.39, 0.29) is 28.7 Å². The summed E-state index contributed by atoms with van der Waals surface area (Å²) in [6.07, 6.45) is 4.18. The molecule has 0 radical (unpaired) electrons. The minimum atomic E-state index is -0.574. The zero-order valence-electron chi connectivity index (χ0n) is 20.0. The van der Waals surface area contributed by atoms with Crippen LogP contribution in [-0.2, 0) is 6.54 Å². The Morgan fingerprint density at radius 3 is 2.73 bits per heavy atom. The van der Waals surface area contributed by atoms with E-state index in [1.165, 1.54) is 6.07 Å². The number of nitrogens with one attached hydrogen (secondary N) is 1. The van der Waals surface area contributed by atoms with Crippen molar-refractivity contribution >= 4 is 11.7 Å². The lowest BCUT2D eigenvalue weighted by Crippen LogP contribution is -2.34. The summed E-state index contributed by atoms with van der Waals surface area (Å²) in [5, 5.41) is 3.17. The fraction of sp³-hybridized carbons (Fsp3) is 0.538. The second kappa shape index (κ2) is 8.92. The van der Waals surface area contributed by atoms with Crippen molar-refractivity contribution in [3.05, 3.63) is 52.7 Å². The zero-order chi connectivity index (χ0) is 23.9. The summed E-state index contributed by atoms with van der Waals surface area (Å²) in [6, 6.07) is 3.50. The largest absolute Gasteiger partial charge is 0.487 e. The summed E-state index contributed by atoms with van der Waals surface area (Å²) < 4.78 is 35.9. The number of amides is 1. The lowest BCUT2D eigenvalue weighted by molar-refractivity contribution is 0.0533. The minimum Gasteiger partial charge on any atom is -0.487 e. The third kappa shape index (κ3) is 4.82. The Morgan fingerprint density at radius 2 is 2.03 bits per heavy atom. The maximum absolute atomic E-state index is 15.0. The van der Waals surface area contributed by atoms with Crippen LogP contribution in [0.4, 0.5) is 14.6 Å². The number of benzene rings is 1. The van der Waals surface area contributed by atoms with Gasteiger partial charge in [0.2, 0.25) is 0 Å². The molecule has 2 aliphatic rings. The Labute approximate surface area is 194 Å². The highest BCUT2D eigenvalue weighted by molar-refractivity contribution is 5.99. The molecule has 0 bridgehead atoms. The van der Waals surface area contributed by atoms with Crippen LogP contribution in [0.5, 0.6) is 5.75 Å². The number of carbonyl (C=O) groups is 1. The topological polar surface area (TPSA) is 54.5 Å². The van der Waals surface area contributed by atoms with Gasteiger partial charge in [0.25, 0.3) is 5.91 Å². The molecule has 1 amide bonds. The molecule has 178 valence electrons. The van der Waals surface area contributed by atoms with Crippen LogP contribution in [0.15, 0.2) is 24.4 Å². The van der Waals surface area contributed by atoms with Gasteiger partial charge in [-0.15, -0.1) is 0 Å². The maximum Gasteiger partial charge on any atom is 0.254 e. The molecule has 33 heavy (non-hydrogen) atoms. The average Bonchev–Trinajstić information content (AvgIpc) is 3.06. The number of rotatable bonds is 6. The molecule has 7 heteroatoms. The Morgan fingerprint density at radius 1 is 1.27 bits per heavy atom. The fourth-order valence-electron chi connectivity index (χ4n) is 5.44. The van der Waals surface area contributed by atoms with E-state index in [4.69, 9.17) is 4.74 Å². The van der Waals surface area contributed by atoms with E-state index >= 15 is 4.39 Å². The predicted molar refractivity (Wildman–Crippen MR) is 124 cm³/mol. The van der Waals surface area contributed by atoms with Crippen LogP contribution >= 0.6 is 0 Å². The van der Waals surface area contributed by atoms with E-state index < -0.39 is 17.7 Å². The number of carbonyl (C=O) groups excluding carboxylic acids is 1. The van der Waals surface area contributed by atoms with Gasteiger partial charge in [0.15, 0.2) is 11.6 Å². The van der Waals surface area contributed by atoms with Crippen molar-refractivity contribution in [1.82, 2.24) is 9.88 Å². The van der Waals surface area contributed by atoms with Crippen molar-refractivity contribution < 1.29 is 18.3 Å². The Bertz CT molecular complexity index is 1060. The van der Waals surface area contributed by atoms with Crippen molar-refractivity contribution in [2.24, 2.45) is 11.3 Å². The Kier molecular flexibility index (Phi) is 6.34. The highest BCUT2D eigenvalue weighted by Gasteiger charge is 2.34. The number of aromatic nitrogens is 1. The van der Waals surface area contributed by atoms with E-state index in [1.54, 1.807) is 24.1 Å². The van der Waals surface area contributed by atoms with Crippen LogP contribution < -0.4 is 10.1 Å². The normalized spacial score (nSPS) is 22.8. The number of hydrogen-bond donors (Lipinski definition) is 1. The smallest absolute Gasteiger partial charge is 0.254 e. The first kappa shape index (κ1) is 23.5. The quantitative estimate of drug-likeness (QED) is 0.569. The van der Waals surface area contributed by atoms with E-state index in [0.717, 1.165) is 30.9 Å². The van der Waals surface area contributed by atoms with E-state index in [1.807, 2.05) is 6.92 Å². The van der Waals surface area contributed by atoms with Crippen LogP contribution in [-0.4, -0.2) is 28.4 Å². The zero-order valence-corrected chi connectivity index (χ0v) is 20.0. The first-order valence-electron chi connectivity index (χ1n) is 11.8. The monoisotopic (exact) mass is 457 g/mol. The van der Waals surface area contributed by atoms with Crippen molar-refractivity contribution in [3.8, 4) is 5.75 Å². The number of hydrogen-bond acceptors (Lipinski definition) is 4. The molecule has 2 heterocycles. The third-order valence-electron chi connectivity index (χ3n) is 6.82. The number of pyridine rings is 1. The summed E-state index contributed by atoms with van der Waals surface area (Å²) in [4.78, 5) is 18.5. The van der Waals surface area contributed by atoms with Gasteiger partial charge >= 0.3 is 0 Å². The van der Waals surface area contributed by atoms with E-state index in [9.17, 15) is 9.18 Å². The Hall–Kier alpha value is -2.70. The van der Waals surface area contributed by atoms with E-state index in [0.29, 0.717) is 30.4 Å². The molecule has 1 fully saturated rings. The predicted octanol–water partition coefficient (Wildman–Crippen LogP) is 6.10. The van der Waals surface area contributed by atoms with Gasteiger partial charge < -0.3 is 15.0 Å². The molecular weight excluding hydrogens is 424 g/mol. The van der Waals surface area contributed by atoms with Gasteiger partial charge in [0.1, 0.15) is 11.6 Å². The van der Waals surface area contributed by atoms with Crippen molar-refractivity contribution in [2.75, 3.05) is 11.9 Å². The molecule has 1 saturated carbocycles. The molecule has 0 saturated heterocycles. The summed E-state index contributed by atoms with van der Waals surface area (Å²) >= 11 is 0. The standard InChI is InChI=1S/C26H33F2N3O2/c1-6-31-14-20-18(25(31)32)7-8-29-24(20)30-16(3)19-10-22(28)23(11-21(19)27)33-17-9-15(2)12-26(4,5)13-17/h7-8,10-11,15-17H,6,9,12-14H2,1-5H3,(H,29,30). The second-order valence-electron chi connectivity index (χ2n) is 10.3. The lowest BCUT2D eigenvalue weighted by atomic mass is 9.71. The average molecular weight is 458 g/mol. The van der Waals surface area contributed by atoms with Gasteiger partial charge in [-0.2, -0.15) is 0 Å². The van der Waals surface area contributed by atoms with Crippen LogP contribution in [0, 0.1) is 23.0 Å². The molecule has 0 spiro atoms. The van der Waals surface area contributed by atoms with Gasteiger partial charge in [-0.1, -0.05) is 20.8 Å². The highest BCUT2D eigenvalue weighted by Crippen LogP contribution is 2.40. The molecule has 3 unspecified atom stereocenters. The number of nitrogens with zero attached hydrogens (tertiary/aromatic N) is 2. The van der Waals surface area contributed by atoms with Gasteiger partial charge in [-0.05, 0) is 56.6 Å². The maximum atomic E-state index is 15.0. The summed E-state index contributed by atoms with van der Waals surface area (Å²) in [5.41, 5.74) is 1.69. The number of ether oxygens (including phenoxy) is 1. The SMILES string of the molecule is CCN1Cc2c(ccnc2NC(C)c2cc(F)c(OC3CC(C)CC(C)(C)C3)cc2F)C1=O. The van der Waals surface area contributed by atoms with Crippen molar-refractivity contribution in [3.63, 3.8) is 0 Å². The van der Waals surface area contributed by atoms with Crippen LogP contribution in [0.25, 0.3) is 0 Å². The van der Waals surface area contributed by atoms with E-state index in [2.05, 4.69) is 31.1 Å². The van der Waals surface area contributed by atoms with Gasteiger partial charge in [-0.3, -0.25) is 4.79 Å². The van der Waals surface area contributed by atoms with Crippen molar-refractivity contribution in [1.29, 1.82) is 0 Å². The van der Waals surface area contributed by atoms with Gasteiger partial charge in [-0.25, -0.2) is 13.8 Å². The summed E-state index contributed by atoms with van der Waals surface area (Å²) in [5.74, 6) is -0.192. The molecule has 1 aliphatic carbocycles. The Balaban J connectivity index is 1.52. The summed E-state index contributed by atoms with van der Waals surface area (Å²) in [7, 11) is 0. The number of halogens is 2. The molecule has 3 atom stereocenters. The van der Waals surface area contributed by atoms with Crippen LogP contribution in [0.1, 0.15) is 81.4 Å². The van der Waals surface area contributed by atoms with Crippen LogP contribution in [0.3, 0.4) is 0 Å². The third-order valence-corrected chi connectivity index (χ3v) is 6.82. The lowest BCUT2D eigenvalue weighted by Gasteiger charge is -2.38. The molecule has 5 nitrogen and oxygen atoms in total. The summed E-state index contributed by atoms with van der Waals surface area (Å²) in [6.45, 7) is 11.3. The van der Waals surface area contributed by atoms with Crippen LogP contribution in [0.2, 0.25) is 0 Å². The molecule has 1 aromatic carbocycles. The number of anilines is 1. The van der Waals surface area contributed by atoms with Gasteiger partial charge in [0.05, 0.1) is 18.7 Å². The molecular formula is C26H33F2N3O2. The minimum absolute atomic E-state index is 0.0375. The molecule has 4 rings (SSSR count). The highest BCUT2D eigenvalue weighted by atomic mass is 19.1. The molecule has 1 aliphatic heterocycles. The molecule has 1 N–H and O–H groups in total. The first-order valence-corrected chi connectivity index (χ1v) is 11.8. The van der Waals surface area contributed by atoms with Gasteiger partial charge in [0, 0.05) is 35.5 Å². The molecule has 1 aromatic heterocycles. The fourth-order valence-corrected chi connectivity index (χ4v) is 5.44. The second-order valence-corrected chi connectivity index (χ2v) is 10.3. The molecule has 2 aromatic rings. The number of fused-ring (bicyclic) bond motifs is 1.